The topological polar surface area (TPSA) is 89.4 Å². The molecule has 4 heterocycles. The quantitative estimate of drug-likeness (QED) is 0.700. The highest BCUT2D eigenvalue weighted by atomic mass is 16.5. The minimum Gasteiger partial charge on any atom is -0.361 e. The van der Waals surface area contributed by atoms with E-state index in [-0.39, 0.29) is 11.8 Å². The predicted octanol–water partition coefficient (Wildman–Crippen LogP) is 1.93. The third-order valence-corrected chi connectivity index (χ3v) is 5.44. The number of carbonyl (C=O) groups is 1. The van der Waals surface area contributed by atoms with Crippen molar-refractivity contribution in [3.8, 4) is 0 Å². The third-order valence-electron chi connectivity index (χ3n) is 5.44. The van der Waals surface area contributed by atoms with Crippen molar-refractivity contribution in [2.75, 3.05) is 13.1 Å². The molecule has 0 atom stereocenters. The summed E-state index contributed by atoms with van der Waals surface area (Å²) in [5.41, 5.74) is 3.69. The predicted molar refractivity (Wildman–Crippen MR) is 91.9 cm³/mol. The minimum absolute atomic E-state index is 0.0673. The number of piperidine rings is 1. The number of likely N-dealkylation sites (tertiary alicyclic amines) is 1. The SMILES string of the molecule is Cc1cc(C(=O)N2CCC(c3nnc4cc5c(nn34)CCC5)CC2)no1. The highest BCUT2D eigenvalue weighted by Crippen LogP contribution is 2.29. The maximum absolute atomic E-state index is 12.5. The van der Waals surface area contributed by atoms with E-state index in [9.17, 15) is 4.79 Å². The molecular weight excluding hydrogens is 332 g/mol. The molecule has 26 heavy (non-hydrogen) atoms. The summed E-state index contributed by atoms with van der Waals surface area (Å²) < 4.78 is 6.92. The first kappa shape index (κ1) is 15.5. The van der Waals surface area contributed by atoms with E-state index in [2.05, 4.69) is 21.4 Å². The van der Waals surface area contributed by atoms with Crippen molar-refractivity contribution in [2.45, 2.75) is 44.9 Å². The number of aryl methyl sites for hydroxylation is 3. The van der Waals surface area contributed by atoms with E-state index >= 15 is 0 Å². The molecule has 1 fully saturated rings. The van der Waals surface area contributed by atoms with Crippen molar-refractivity contribution >= 4 is 11.6 Å². The molecule has 8 heteroatoms. The molecule has 2 aliphatic rings. The number of fused-ring (bicyclic) bond motifs is 2. The minimum atomic E-state index is -0.0673. The number of aromatic nitrogens is 5. The Morgan fingerprint density at radius 3 is 2.81 bits per heavy atom. The standard InChI is InChI=1S/C18H20N6O2/c1-11-9-15(22-26-11)18(25)23-7-5-12(6-8-23)17-20-19-16-10-13-3-2-4-14(13)21-24(16)17/h9-10,12H,2-8H2,1H3. The third kappa shape index (κ3) is 2.48. The van der Waals surface area contributed by atoms with Gasteiger partial charge in [-0.1, -0.05) is 5.16 Å². The fraction of sp³-hybridized carbons (Fsp3) is 0.500. The van der Waals surface area contributed by atoms with Crippen LogP contribution in [0.1, 0.15) is 58.5 Å². The van der Waals surface area contributed by atoms with Crippen molar-refractivity contribution in [1.29, 1.82) is 0 Å². The Balaban J connectivity index is 1.34. The van der Waals surface area contributed by atoms with Crippen LogP contribution in [0.15, 0.2) is 16.7 Å². The highest BCUT2D eigenvalue weighted by molar-refractivity contribution is 5.92. The van der Waals surface area contributed by atoms with Gasteiger partial charge in [0.2, 0.25) is 0 Å². The van der Waals surface area contributed by atoms with Crippen LogP contribution in [0.2, 0.25) is 0 Å². The maximum atomic E-state index is 12.5. The van der Waals surface area contributed by atoms with Crippen LogP contribution in [0.3, 0.4) is 0 Å². The smallest absolute Gasteiger partial charge is 0.276 e. The fourth-order valence-electron chi connectivity index (χ4n) is 4.02. The zero-order valence-corrected chi connectivity index (χ0v) is 14.7. The Morgan fingerprint density at radius 2 is 2.04 bits per heavy atom. The molecule has 3 aromatic heterocycles. The van der Waals surface area contributed by atoms with Gasteiger partial charge in [-0.3, -0.25) is 4.79 Å². The molecule has 134 valence electrons. The summed E-state index contributed by atoms with van der Waals surface area (Å²) in [5.74, 6) is 1.76. The summed E-state index contributed by atoms with van der Waals surface area (Å²) in [6.45, 7) is 3.14. The lowest BCUT2D eigenvalue weighted by molar-refractivity contribution is 0.0700. The van der Waals surface area contributed by atoms with Gasteiger partial charge in [0.05, 0.1) is 5.69 Å². The molecule has 0 spiro atoms. The summed E-state index contributed by atoms with van der Waals surface area (Å²) >= 11 is 0. The first-order valence-corrected chi connectivity index (χ1v) is 9.16. The Hall–Kier alpha value is -2.77. The van der Waals surface area contributed by atoms with Crippen LogP contribution >= 0.6 is 0 Å². The summed E-state index contributed by atoms with van der Waals surface area (Å²) in [6.07, 6.45) is 4.99. The summed E-state index contributed by atoms with van der Waals surface area (Å²) in [7, 11) is 0. The van der Waals surface area contributed by atoms with Crippen LogP contribution < -0.4 is 0 Å². The Bertz CT molecular complexity index is 983. The molecule has 0 saturated carbocycles. The molecule has 1 aliphatic heterocycles. The number of amides is 1. The van der Waals surface area contributed by atoms with Crippen molar-refractivity contribution in [3.05, 3.63) is 40.7 Å². The molecule has 0 radical (unpaired) electrons. The largest absolute Gasteiger partial charge is 0.361 e. The van der Waals surface area contributed by atoms with E-state index in [1.165, 1.54) is 17.7 Å². The molecule has 5 rings (SSSR count). The van der Waals surface area contributed by atoms with Gasteiger partial charge in [0.1, 0.15) is 5.76 Å². The van der Waals surface area contributed by atoms with Gasteiger partial charge in [0.15, 0.2) is 17.2 Å². The van der Waals surface area contributed by atoms with Crippen molar-refractivity contribution in [1.82, 2.24) is 29.9 Å². The number of rotatable bonds is 2. The second kappa shape index (κ2) is 5.89. The van der Waals surface area contributed by atoms with Gasteiger partial charge in [-0.25, -0.2) is 0 Å². The van der Waals surface area contributed by atoms with E-state index in [1.54, 1.807) is 13.0 Å². The van der Waals surface area contributed by atoms with Crippen molar-refractivity contribution in [3.63, 3.8) is 0 Å². The molecule has 1 amide bonds. The molecule has 1 aliphatic carbocycles. The second-order valence-electron chi connectivity index (χ2n) is 7.19. The maximum Gasteiger partial charge on any atom is 0.276 e. The van der Waals surface area contributed by atoms with Crippen LogP contribution in [-0.2, 0) is 12.8 Å². The molecule has 0 N–H and O–H groups in total. The van der Waals surface area contributed by atoms with Gasteiger partial charge in [-0.15, -0.1) is 10.2 Å². The average Bonchev–Trinajstić information content (AvgIpc) is 3.38. The monoisotopic (exact) mass is 352 g/mol. The van der Waals surface area contributed by atoms with Gasteiger partial charge in [-0.2, -0.15) is 9.61 Å². The van der Waals surface area contributed by atoms with Gasteiger partial charge in [-0.05, 0) is 50.7 Å². The van der Waals surface area contributed by atoms with Crippen LogP contribution in [0.25, 0.3) is 5.65 Å². The molecule has 0 bridgehead atoms. The lowest BCUT2D eigenvalue weighted by Gasteiger charge is -2.30. The first-order chi connectivity index (χ1) is 12.7. The number of carbonyl (C=O) groups excluding carboxylic acids is 1. The van der Waals surface area contributed by atoms with E-state index in [1.807, 2.05) is 9.42 Å². The van der Waals surface area contributed by atoms with Crippen LogP contribution in [-0.4, -0.2) is 48.9 Å². The molecular formula is C18H20N6O2. The fourth-order valence-corrected chi connectivity index (χ4v) is 4.02. The van der Waals surface area contributed by atoms with Crippen molar-refractivity contribution in [2.24, 2.45) is 0 Å². The van der Waals surface area contributed by atoms with Gasteiger partial charge in [0, 0.05) is 25.1 Å². The van der Waals surface area contributed by atoms with Crippen molar-refractivity contribution < 1.29 is 9.32 Å². The molecule has 3 aromatic rings. The molecule has 8 nitrogen and oxygen atoms in total. The second-order valence-corrected chi connectivity index (χ2v) is 7.19. The van der Waals surface area contributed by atoms with Gasteiger partial charge < -0.3 is 9.42 Å². The Morgan fingerprint density at radius 1 is 1.19 bits per heavy atom. The average molecular weight is 352 g/mol. The zero-order chi connectivity index (χ0) is 17.7. The number of hydrogen-bond donors (Lipinski definition) is 0. The molecule has 0 aromatic carbocycles. The lowest BCUT2D eigenvalue weighted by Crippen LogP contribution is -2.38. The number of hydrogen-bond acceptors (Lipinski definition) is 6. The normalized spacial score (nSPS) is 17.8. The Labute approximate surface area is 150 Å². The van der Waals surface area contributed by atoms with Crippen LogP contribution in [0.5, 0.6) is 0 Å². The highest BCUT2D eigenvalue weighted by Gasteiger charge is 2.29. The first-order valence-electron chi connectivity index (χ1n) is 9.16. The summed E-state index contributed by atoms with van der Waals surface area (Å²) in [4.78, 5) is 14.3. The van der Waals surface area contributed by atoms with E-state index < -0.39 is 0 Å². The van der Waals surface area contributed by atoms with E-state index in [4.69, 9.17) is 9.62 Å². The molecule has 1 saturated heterocycles. The number of nitrogens with zero attached hydrogens (tertiary/aromatic N) is 6. The summed E-state index contributed by atoms with van der Waals surface area (Å²) in [6, 6.07) is 3.81. The van der Waals surface area contributed by atoms with Gasteiger partial charge in [0.25, 0.3) is 5.91 Å². The lowest BCUT2D eigenvalue weighted by atomic mass is 9.96. The zero-order valence-electron chi connectivity index (χ0n) is 14.7. The molecule has 0 unspecified atom stereocenters. The Kier molecular flexibility index (Phi) is 3.51. The van der Waals surface area contributed by atoms with Gasteiger partial charge >= 0.3 is 0 Å². The van der Waals surface area contributed by atoms with E-state index in [0.29, 0.717) is 24.5 Å². The van der Waals surface area contributed by atoms with Crippen LogP contribution in [0.4, 0.5) is 0 Å². The van der Waals surface area contributed by atoms with E-state index in [0.717, 1.165) is 37.2 Å². The van der Waals surface area contributed by atoms with Crippen LogP contribution in [0, 0.1) is 6.92 Å². The summed E-state index contributed by atoms with van der Waals surface area (Å²) in [5, 5.41) is 17.3.